The second-order valence-corrected chi connectivity index (χ2v) is 7.27. The summed E-state index contributed by atoms with van der Waals surface area (Å²) in [5.74, 6) is -0.0764. The first-order valence-electron chi connectivity index (χ1n) is 8.21. The molecule has 0 spiro atoms. The minimum Gasteiger partial charge on any atom is -0.395 e. The Kier molecular flexibility index (Phi) is 7.14. The van der Waals surface area contributed by atoms with Gasteiger partial charge in [-0.3, -0.25) is 9.59 Å². The molecule has 1 atom stereocenters. The highest BCUT2D eigenvalue weighted by molar-refractivity contribution is 7.09. The van der Waals surface area contributed by atoms with Crippen LogP contribution in [0.1, 0.15) is 17.8 Å². The summed E-state index contributed by atoms with van der Waals surface area (Å²) in [5.41, 5.74) is 0. The second kappa shape index (κ2) is 9.10. The van der Waals surface area contributed by atoms with Crippen LogP contribution in [-0.4, -0.2) is 83.5 Å². The number of thiazole rings is 1. The summed E-state index contributed by atoms with van der Waals surface area (Å²) in [4.78, 5) is 34.6. The van der Waals surface area contributed by atoms with Gasteiger partial charge in [-0.2, -0.15) is 0 Å². The first-order valence-corrected chi connectivity index (χ1v) is 9.09. The van der Waals surface area contributed by atoms with Gasteiger partial charge in [0.25, 0.3) is 0 Å². The Morgan fingerprint density at radius 3 is 2.88 bits per heavy atom. The van der Waals surface area contributed by atoms with Crippen molar-refractivity contribution >= 4 is 23.2 Å². The number of amides is 2. The minimum atomic E-state index is -0.198. The molecule has 0 radical (unpaired) electrons. The topological polar surface area (TPSA) is 77.0 Å². The van der Waals surface area contributed by atoms with Crippen LogP contribution in [0.3, 0.4) is 0 Å². The Bertz CT molecular complexity index is 535. The Balaban J connectivity index is 1.98. The highest BCUT2D eigenvalue weighted by Gasteiger charge is 2.32. The molecule has 2 rings (SSSR count). The fraction of sp³-hybridized carbons (Fsp3) is 0.688. The molecule has 0 saturated carbocycles. The van der Waals surface area contributed by atoms with Gasteiger partial charge in [0, 0.05) is 44.2 Å². The molecule has 134 valence electrons. The van der Waals surface area contributed by atoms with Crippen LogP contribution in [-0.2, 0) is 16.1 Å². The van der Waals surface area contributed by atoms with E-state index in [1.807, 2.05) is 24.4 Å². The number of likely N-dealkylation sites (tertiary alicyclic amines) is 1. The van der Waals surface area contributed by atoms with Crippen molar-refractivity contribution in [3.63, 3.8) is 0 Å². The van der Waals surface area contributed by atoms with Crippen LogP contribution in [0.15, 0.2) is 11.6 Å². The Labute approximate surface area is 146 Å². The van der Waals surface area contributed by atoms with Crippen molar-refractivity contribution in [2.45, 2.75) is 19.4 Å². The van der Waals surface area contributed by atoms with Crippen LogP contribution in [0.25, 0.3) is 0 Å². The maximum Gasteiger partial charge on any atom is 0.227 e. The lowest BCUT2D eigenvalue weighted by atomic mass is 9.96. The van der Waals surface area contributed by atoms with Crippen LogP contribution in [0.5, 0.6) is 0 Å². The zero-order valence-corrected chi connectivity index (χ0v) is 15.2. The number of rotatable bonds is 8. The van der Waals surface area contributed by atoms with Gasteiger partial charge in [0.2, 0.25) is 11.8 Å². The zero-order valence-electron chi connectivity index (χ0n) is 14.3. The maximum absolute atomic E-state index is 12.8. The number of carbonyl (C=O) groups is 2. The number of aliphatic hydroxyl groups excluding tert-OH is 1. The van der Waals surface area contributed by atoms with Crippen LogP contribution in [0, 0.1) is 5.92 Å². The summed E-state index contributed by atoms with van der Waals surface area (Å²) in [6, 6.07) is 0. The van der Waals surface area contributed by atoms with Crippen molar-refractivity contribution in [2.75, 3.05) is 46.9 Å². The van der Waals surface area contributed by atoms with E-state index in [-0.39, 0.29) is 24.3 Å². The molecule has 2 heterocycles. The average molecular weight is 354 g/mol. The molecule has 1 saturated heterocycles. The largest absolute Gasteiger partial charge is 0.395 e. The van der Waals surface area contributed by atoms with Crippen LogP contribution in [0.2, 0.25) is 0 Å². The highest BCUT2D eigenvalue weighted by atomic mass is 32.1. The van der Waals surface area contributed by atoms with Crippen molar-refractivity contribution in [3.8, 4) is 0 Å². The lowest BCUT2D eigenvalue weighted by molar-refractivity contribution is -0.144. The number of nitrogens with zero attached hydrogens (tertiary/aromatic N) is 4. The van der Waals surface area contributed by atoms with E-state index in [2.05, 4.69) is 4.98 Å². The number of likely N-dealkylation sites (N-methyl/N-ethyl adjacent to an activating group) is 1. The van der Waals surface area contributed by atoms with Crippen molar-refractivity contribution in [3.05, 3.63) is 16.6 Å². The van der Waals surface area contributed by atoms with Crippen molar-refractivity contribution in [1.29, 1.82) is 0 Å². The van der Waals surface area contributed by atoms with Crippen molar-refractivity contribution in [2.24, 2.45) is 5.92 Å². The molecule has 0 aliphatic carbocycles. The summed E-state index contributed by atoms with van der Waals surface area (Å²) in [7, 11) is 3.93. The molecule has 0 unspecified atom stereocenters. The van der Waals surface area contributed by atoms with Gasteiger partial charge in [-0.25, -0.2) is 4.98 Å². The molecule has 1 aromatic heterocycles. The third kappa shape index (κ3) is 5.25. The SMILES string of the molecule is CN(C)CCN1C[C@@H](C(=O)N(CCO)Cc2nccs2)CCC1=O. The monoisotopic (exact) mass is 354 g/mol. The average Bonchev–Trinajstić information content (AvgIpc) is 3.06. The van der Waals surface area contributed by atoms with Crippen molar-refractivity contribution in [1.82, 2.24) is 19.7 Å². The molecule has 0 bridgehead atoms. The molecule has 1 N–H and O–H groups in total. The molecule has 1 fully saturated rings. The van der Waals surface area contributed by atoms with E-state index >= 15 is 0 Å². The Morgan fingerprint density at radius 2 is 2.25 bits per heavy atom. The number of aliphatic hydroxyl groups is 1. The molecule has 8 heteroatoms. The van der Waals surface area contributed by atoms with E-state index in [0.717, 1.165) is 11.6 Å². The van der Waals surface area contributed by atoms with Crippen LogP contribution < -0.4 is 0 Å². The highest BCUT2D eigenvalue weighted by Crippen LogP contribution is 2.21. The first kappa shape index (κ1) is 18.8. The first-order chi connectivity index (χ1) is 11.5. The molecule has 2 amide bonds. The summed E-state index contributed by atoms with van der Waals surface area (Å²) >= 11 is 1.50. The molecule has 7 nitrogen and oxygen atoms in total. The smallest absolute Gasteiger partial charge is 0.227 e. The molecule has 24 heavy (non-hydrogen) atoms. The predicted molar refractivity (Wildman–Crippen MR) is 92.5 cm³/mol. The van der Waals surface area contributed by atoms with Gasteiger partial charge < -0.3 is 19.8 Å². The van der Waals surface area contributed by atoms with E-state index in [4.69, 9.17) is 0 Å². The minimum absolute atomic E-state index is 0.00148. The molecule has 1 aliphatic heterocycles. The Morgan fingerprint density at radius 1 is 1.46 bits per heavy atom. The predicted octanol–water partition coefficient (Wildman–Crippen LogP) is 0.264. The fourth-order valence-electron chi connectivity index (χ4n) is 2.79. The second-order valence-electron chi connectivity index (χ2n) is 6.29. The van der Waals surface area contributed by atoms with E-state index < -0.39 is 0 Å². The summed E-state index contributed by atoms with van der Waals surface area (Å²) < 4.78 is 0. The summed E-state index contributed by atoms with van der Waals surface area (Å²) in [6.07, 6.45) is 2.70. The van der Waals surface area contributed by atoms with Crippen LogP contribution >= 0.6 is 11.3 Å². The molecular weight excluding hydrogens is 328 g/mol. The van der Waals surface area contributed by atoms with Gasteiger partial charge in [0.1, 0.15) is 5.01 Å². The molecule has 0 aromatic carbocycles. The normalized spacial score (nSPS) is 18.2. The lowest BCUT2D eigenvalue weighted by Gasteiger charge is -2.35. The molecule has 1 aromatic rings. The van der Waals surface area contributed by atoms with Gasteiger partial charge in [0.05, 0.1) is 19.1 Å². The maximum atomic E-state index is 12.8. The van der Waals surface area contributed by atoms with Gasteiger partial charge in [-0.1, -0.05) is 0 Å². The van der Waals surface area contributed by atoms with E-state index in [9.17, 15) is 14.7 Å². The molecular formula is C16H26N4O3S. The van der Waals surface area contributed by atoms with Crippen LogP contribution in [0.4, 0.5) is 0 Å². The summed E-state index contributed by atoms with van der Waals surface area (Å²) in [6.45, 7) is 2.52. The summed E-state index contributed by atoms with van der Waals surface area (Å²) in [5, 5.41) is 12.0. The fourth-order valence-corrected chi connectivity index (χ4v) is 3.42. The molecule has 1 aliphatic rings. The third-order valence-electron chi connectivity index (χ3n) is 4.16. The van der Waals surface area contributed by atoms with E-state index in [1.165, 1.54) is 11.3 Å². The van der Waals surface area contributed by atoms with Gasteiger partial charge in [-0.05, 0) is 20.5 Å². The standard InChI is InChI=1S/C16H26N4O3S/c1-18(2)6-7-19-11-13(3-4-15(19)22)16(23)20(8-9-21)12-14-17-5-10-24-14/h5,10,13,21H,3-4,6-9,11-12H2,1-2H3/t13-/m0/s1. The lowest BCUT2D eigenvalue weighted by Crippen LogP contribution is -2.48. The van der Waals surface area contributed by atoms with E-state index in [1.54, 1.807) is 16.0 Å². The number of hydrogen-bond acceptors (Lipinski definition) is 6. The number of hydrogen-bond donors (Lipinski definition) is 1. The van der Waals surface area contributed by atoms with Gasteiger partial charge >= 0.3 is 0 Å². The van der Waals surface area contributed by atoms with Gasteiger partial charge in [-0.15, -0.1) is 11.3 Å². The van der Waals surface area contributed by atoms with E-state index in [0.29, 0.717) is 39.0 Å². The number of piperidine rings is 1. The zero-order chi connectivity index (χ0) is 17.5. The number of aromatic nitrogens is 1. The van der Waals surface area contributed by atoms with Crippen molar-refractivity contribution < 1.29 is 14.7 Å². The number of carbonyl (C=O) groups excluding carboxylic acids is 2. The third-order valence-corrected chi connectivity index (χ3v) is 4.92. The quantitative estimate of drug-likeness (QED) is 0.725. The Hall–Kier alpha value is -1.51. The van der Waals surface area contributed by atoms with Gasteiger partial charge in [0.15, 0.2) is 0 Å².